The third-order valence-electron chi connectivity index (χ3n) is 8.37. The van der Waals surface area contributed by atoms with Crippen LogP contribution in [-0.4, -0.2) is 66.0 Å². The number of halogens is 5. The number of alkyl carbamates (subject to hydrolysis) is 1. The van der Waals surface area contributed by atoms with Crippen LogP contribution in [0.3, 0.4) is 0 Å². The first kappa shape index (κ1) is 40.8. The molecule has 2 N–H and O–H groups in total. The summed E-state index contributed by atoms with van der Waals surface area (Å²) in [6.07, 6.45) is -2.30. The Morgan fingerprint density at radius 3 is 2.22 bits per heavy atom. The van der Waals surface area contributed by atoms with Gasteiger partial charge in [0, 0.05) is 23.4 Å². The molecular weight excluding hydrogens is 774 g/mol. The fourth-order valence-corrected chi connectivity index (χ4v) is 7.22. The molecule has 0 spiro atoms. The highest BCUT2D eigenvalue weighted by molar-refractivity contribution is 7.93. The Morgan fingerprint density at radius 2 is 1.65 bits per heavy atom. The van der Waals surface area contributed by atoms with Crippen molar-refractivity contribution in [3.8, 4) is 23.0 Å². The van der Waals surface area contributed by atoms with Gasteiger partial charge in [0.05, 0.1) is 32.9 Å². The fraction of sp³-hybridized carbons (Fsp3) is 0.417. The smallest absolute Gasteiger partial charge is 0.408 e. The van der Waals surface area contributed by atoms with Crippen LogP contribution in [-0.2, 0) is 37.6 Å². The molecule has 0 aliphatic heterocycles. The number of amides is 1. The first-order valence-corrected chi connectivity index (χ1v) is 20.4. The maximum absolute atomic E-state index is 14.4. The van der Waals surface area contributed by atoms with Crippen molar-refractivity contribution in [2.45, 2.75) is 88.5 Å². The van der Waals surface area contributed by atoms with Crippen molar-refractivity contribution in [1.82, 2.24) is 20.1 Å². The van der Waals surface area contributed by atoms with Crippen LogP contribution >= 0.6 is 11.6 Å². The average molecular weight is 812 g/mol. The number of carbonyl (C=O) groups is 1. The van der Waals surface area contributed by atoms with E-state index >= 15 is 0 Å². The van der Waals surface area contributed by atoms with Gasteiger partial charge in [0.1, 0.15) is 34.2 Å². The number of nitrogens with zero attached hydrogens (tertiary/aromatic N) is 3. The summed E-state index contributed by atoms with van der Waals surface area (Å²) in [6.45, 7) is 6.70. The second kappa shape index (κ2) is 15.0. The second-order valence-corrected chi connectivity index (χ2v) is 19.4. The number of alkyl halides is 2. The van der Waals surface area contributed by atoms with E-state index in [1.165, 1.54) is 38.1 Å². The number of pyridine rings is 1. The summed E-state index contributed by atoms with van der Waals surface area (Å²) < 4.78 is 115. The lowest BCUT2D eigenvalue weighted by Gasteiger charge is -2.25. The predicted molar refractivity (Wildman–Crippen MR) is 198 cm³/mol. The van der Waals surface area contributed by atoms with Gasteiger partial charge in [-0.1, -0.05) is 23.6 Å². The number of sulfone groups is 1. The molecule has 4 aromatic rings. The Balaban J connectivity index is 1.80. The third kappa shape index (κ3) is 9.63. The van der Waals surface area contributed by atoms with Gasteiger partial charge in [-0.05, 0) is 95.7 Å². The Labute approximate surface area is 315 Å². The minimum absolute atomic E-state index is 0.00280. The minimum atomic E-state index is -3.93. The maximum Gasteiger partial charge on any atom is 0.408 e. The van der Waals surface area contributed by atoms with Crippen molar-refractivity contribution >= 4 is 54.3 Å². The maximum atomic E-state index is 14.4. The van der Waals surface area contributed by atoms with Gasteiger partial charge in [-0.25, -0.2) is 44.2 Å². The van der Waals surface area contributed by atoms with Crippen LogP contribution < -0.4 is 10.0 Å². The zero-order chi connectivity index (χ0) is 40.0. The highest BCUT2D eigenvalue weighted by atomic mass is 35.5. The van der Waals surface area contributed by atoms with E-state index in [2.05, 4.69) is 27.0 Å². The van der Waals surface area contributed by atoms with Crippen molar-refractivity contribution in [2.75, 3.05) is 11.0 Å². The number of fused-ring (bicyclic) bond motifs is 1. The molecule has 290 valence electrons. The van der Waals surface area contributed by atoms with E-state index in [1.54, 1.807) is 20.8 Å². The summed E-state index contributed by atoms with van der Waals surface area (Å²) in [4.78, 5) is 18.0. The number of sulfonamides is 1. The zero-order valence-corrected chi connectivity index (χ0v) is 32.5. The molecule has 18 heteroatoms. The van der Waals surface area contributed by atoms with Crippen molar-refractivity contribution in [2.24, 2.45) is 0 Å². The number of aromatic nitrogens is 3. The molecule has 11 nitrogen and oxygen atoms in total. The van der Waals surface area contributed by atoms with E-state index < -0.39 is 72.2 Å². The lowest BCUT2D eigenvalue weighted by Crippen LogP contribution is -2.36. The molecule has 1 fully saturated rings. The average Bonchev–Trinajstić information content (AvgIpc) is 3.82. The summed E-state index contributed by atoms with van der Waals surface area (Å²) in [5, 5.41) is 6.22. The van der Waals surface area contributed by atoms with Crippen molar-refractivity contribution in [3.63, 3.8) is 0 Å². The van der Waals surface area contributed by atoms with Crippen LogP contribution in [0.1, 0.15) is 70.5 Å². The minimum Gasteiger partial charge on any atom is -0.444 e. The van der Waals surface area contributed by atoms with Gasteiger partial charge in [0.2, 0.25) is 10.0 Å². The number of benzene rings is 2. The first-order chi connectivity index (χ1) is 24.9. The quantitative estimate of drug-likeness (QED) is 0.120. The predicted octanol–water partition coefficient (Wildman–Crippen LogP) is 7.18. The van der Waals surface area contributed by atoms with Crippen LogP contribution in [0.2, 0.25) is 5.02 Å². The Hall–Kier alpha value is -4.40. The molecule has 2 aromatic carbocycles. The van der Waals surface area contributed by atoms with Crippen LogP contribution in [0, 0.1) is 23.5 Å². The summed E-state index contributed by atoms with van der Waals surface area (Å²) in [5.74, 6) is 3.38. The molecule has 1 saturated carbocycles. The van der Waals surface area contributed by atoms with Crippen molar-refractivity contribution in [1.29, 1.82) is 0 Å². The van der Waals surface area contributed by atoms with E-state index in [9.17, 15) is 39.2 Å². The van der Waals surface area contributed by atoms with Gasteiger partial charge in [0.15, 0.2) is 15.7 Å². The Kier molecular flexibility index (Phi) is 11.3. The van der Waals surface area contributed by atoms with Crippen LogP contribution in [0.4, 0.5) is 28.2 Å². The van der Waals surface area contributed by atoms with Gasteiger partial charge < -0.3 is 10.1 Å². The van der Waals surface area contributed by atoms with Crippen molar-refractivity contribution < 1.29 is 43.9 Å². The molecule has 1 aliphatic carbocycles. The molecule has 0 unspecified atom stereocenters. The van der Waals surface area contributed by atoms with Gasteiger partial charge in [-0.15, -0.1) is 0 Å². The standard InChI is InChI=1S/C36H38ClF4N5O6S2/c1-35(2,3)52-34(47)43-28(17-20-15-21(38)18-22(39)16-20)31-25(10-7-23(42-31)13-14-36(4,5)53(6,48)49)26-11-12-27(37)30-32(26)46(19-29(40)41)44-33(30)45-54(50,51)24-8-9-24/h7,10-12,15-16,18,24,28-29H,8-9,17,19H2,1-6H3,(H,43,47)(H,44,45)/t28-/m0/s1. The summed E-state index contributed by atoms with van der Waals surface area (Å²) in [6, 6.07) is 7.35. The number of rotatable bonds is 11. The molecule has 0 bridgehead atoms. The van der Waals surface area contributed by atoms with E-state index in [0.717, 1.165) is 23.1 Å². The van der Waals surface area contributed by atoms with E-state index in [1.807, 2.05) is 0 Å². The third-order valence-corrected chi connectivity index (χ3v) is 12.5. The molecule has 1 amide bonds. The van der Waals surface area contributed by atoms with Gasteiger partial charge in [0.25, 0.3) is 6.43 Å². The summed E-state index contributed by atoms with van der Waals surface area (Å²) >= 11 is 6.61. The van der Waals surface area contributed by atoms with E-state index in [-0.39, 0.29) is 56.2 Å². The van der Waals surface area contributed by atoms with E-state index in [4.69, 9.17) is 21.3 Å². The number of ether oxygens (including phenoxy) is 1. The number of hydrogen-bond donors (Lipinski definition) is 2. The lowest BCUT2D eigenvalue weighted by atomic mass is 9.93. The number of carbonyl (C=O) groups excluding carboxylic acids is 1. The SMILES string of the molecule is CC(C)(C)OC(=O)N[C@@H](Cc1cc(F)cc(F)c1)c1nc(C#CC(C)(C)S(C)(=O)=O)ccc1-c1ccc(Cl)c2c(NS(=O)(=O)C3CC3)nn(CC(F)F)c12. The molecule has 54 heavy (non-hydrogen) atoms. The molecule has 2 heterocycles. The summed E-state index contributed by atoms with van der Waals surface area (Å²) in [7, 11) is -7.60. The normalized spacial score (nSPS) is 14.4. The zero-order valence-electron chi connectivity index (χ0n) is 30.1. The monoisotopic (exact) mass is 811 g/mol. The second-order valence-electron chi connectivity index (χ2n) is 14.4. The molecule has 1 aliphatic rings. The highest BCUT2D eigenvalue weighted by Crippen LogP contribution is 2.41. The first-order valence-electron chi connectivity index (χ1n) is 16.6. The Morgan fingerprint density at radius 1 is 1.02 bits per heavy atom. The van der Waals surface area contributed by atoms with Gasteiger partial charge in [-0.2, -0.15) is 5.10 Å². The van der Waals surface area contributed by atoms with E-state index in [0.29, 0.717) is 18.9 Å². The molecule has 0 saturated heterocycles. The largest absolute Gasteiger partial charge is 0.444 e. The number of nitrogens with one attached hydrogen (secondary N) is 2. The van der Waals surface area contributed by atoms with Gasteiger partial charge in [-0.3, -0.25) is 9.40 Å². The fourth-order valence-electron chi connectivity index (χ4n) is 5.40. The molecule has 2 aromatic heterocycles. The lowest BCUT2D eigenvalue weighted by molar-refractivity contribution is 0.0502. The Bertz CT molecular complexity index is 2380. The van der Waals surface area contributed by atoms with Crippen molar-refractivity contribution in [3.05, 3.63) is 76.1 Å². The highest BCUT2D eigenvalue weighted by Gasteiger charge is 2.37. The number of hydrogen-bond acceptors (Lipinski definition) is 8. The van der Waals surface area contributed by atoms with Crippen LogP contribution in [0.25, 0.3) is 22.0 Å². The molecule has 5 rings (SSSR count). The topological polar surface area (TPSA) is 149 Å². The number of anilines is 1. The molecular formula is C36H38ClF4N5O6S2. The molecule has 0 radical (unpaired) electrons. The summed E-state index contributed by atoms with van der Waals surface area (Å²) in [5.41, 5.74) is -0.525. The van der Waals surface area contributed by atoms with Crippen LogP contribution in [0.15, 0.2) is 42.5 Å². The van der Waals surface area contributed by atoms with Crippen LogP contribution in [0.5, 0.6) is 0 Å². The van der Waals surface area contributed by atoms with Gasteiger partial charge >= 0.3 is 6.09 Å². The molecule has 1 atom stereocenters.